The molecule has 0 fully saturated rings. The van der Waals surface area contributed by atoms with Crippen molar-refractivity contribution in [3.63, 3.8) is 0 Å². The van der Waals surface area contributed by atoms with Gasteiger partial charge in [-0.25, -0.2) is 4.98 Å². The van der Waals surface area contributed by atoms with Crippen LogP contribution in [0.1, 0.15) is 10.5 Å². The van der Waals surface area contributed by atoms with Crippen LogP contribution in [0, 0.1) is 0 Å². The third kappa shape index (κ3) is 3.20. The molecule has 2 aromatic heterocycles. The van der Waals surface area contributed by atoms with Crippen molar-refractivity contribution in [1.29, 1.82) is 0 Å². The molecule has 0 saturated heterocycles. The molecule has 0 bridgehead atoms. The highest BCUT2D eigenvalue weighted by atomic mass is 32.1. The number of aromatic amines is 1. The highest BCUT2D eigenvalue weighted by Gasteiger charge is 2.16. The number of hydrogen-bond acceptors (Lipinski definition) is 4. The molecule has 0 spiro atoms. The van der Waals surface area contributed by atoms with Crippen molar-refractivity contribution in [3.05, 3.63) is 77.9 Å². The van der Waals surface area contributed by atoms with E-state index < -0.39 is 0 Å². The largest absolute Gasteiger partial charge is 0.296 e. The van der Waals surface area contributed by atoms with Crippen LogP contribution in [0.5, 0.6) is 0 Å². The minimum atomic E-state index is -0.259. The van der Waals surface area contributed by atoms with E-state index in [1.807, 2.05) is 66.0 Å². The maximum Gasteiger partial charge on any atom is 0.276 e. The summed E-state index contributed by atoms with van der Waals surface area (Å²) in [5.74, 6) is -0.259. The summed E-state index contributed by atoms with van der Waals surface area (Å²) in [6, 6.07) is 19.5. The lowest BCUT2D eigenvalue weighted by atomic mass is 10.1. The number of nitrogens with one attached hydrogen (secondary N) is 2. The minimum Gasteiger partial charge on any atom is -0.296 e. The molecule has 4 aromatic rings. The lowest BCUT2D eigenvalue weighted by molar-refractivity contribution is 0.102. The maximum atomic E-state index is 12.6. The number of anilines is 1. The molecular formula is C19H14N4OS. The van der Waals surface area contributed by atoms with Crippen molar-refractivity contribution < 1.29 is 4.79 Å². The Morgan fingerprint density at radius 1 is 0.960 bits per heavy atom. The standard InChI is InChI=1S/C19H14N4OS/c24-18(17-15(11-20-23-17)13-7-3-1-4-8-13)22-19-21-16(12-25-19)14-9-5-2-6-10-14/h1-12H,(H,20,23)(H,21,22,24). The molecule has 6 heteroatoms. The molecular weight excluding hydrogens is 332 g/mol. The van der Waals surface area contributed by atoms with Crippen LogP contribution in [0.4, 0.5) is 5.13 Å². The van der Waals surface area contributed by atoms with Gasteiger partial charge < -0.3 is 0 Å². The van der Waals surface area contributed by atoms with Gasteiger partial charge in [0.1, 0.15) is 5.69 Å². The lowest BCUT2D eigenvalue weighted by Gasteiger charge is -2.03. The van der Waals surface area contributed by atoms with Gasteiger partial charge in [-0.05, 0) is 5.56 Å². The minimum absolute atomic E-state index is 0.259. The number of carbonyl (C=O) groups is 1. The zero-order chi connectivity index (χ0) is 17.1. The summed E-state index contributed by atoms with van der Waals surface area (Å²) in [5.41, 5.74) is 3.98. The Bertz CT molecular complexity index is 992. The Morgan fingerprint density at radius 3 is 2.36 bits per heavy atom. The molecule has 1 amide bonds. The molecule has 0 radical (unpaired) electrons. The van der Waals surface area contributed by atoms with E-state index in [1.54, 1.807) is 6.20 Å². The van der Waals surface area contributed by atoms with Gasteiger partial charge in [0.2, 0.25) is 0 Å². The number of aromatic nitrogens is 3. The quantitative estimate of drug-likeness (QED) is 0.573. The Hall–Kier alpha value is -3.25. The second-order valence-corrected chi connectivity index (χ2v) is 6.24. The Labute approximate surface area is 148 Å². The summed E-state index contributed by atoms with van der Waals surface area (Å²) in [6.07, 6.45) is 1.65. The first-order chi connectivity index (χ1) is 12.3. The van der Waals surface area contributed by atoms with Crippen LogP contribution in [0.25, 0.3) is 22.4 Å². The van der Waals surface area contributed by atoms with Gasteiger partial charge >= 0.3 is 0 Å². The summed E-state index contributed by atoms with van der Waals surface area (Å²) in [5, 5.41) is 12.1. The summed E-state index contributed by atoms with van der Waals surface area (Å²) in [4.78, 5) is 17.1. The first-order valence-corrected chi connectivity index (χ1v) is 8.60. The number of amides is 1. The molecule has 0 aliphatic heterocycles. The number of thiazole rings is 1. The van der Waals surface area contributed by atoms with Gasteiger partial charge in [-0.15, -0.1) is 11.3 Å². The number of H-pyrrole nitrogens is 1. The van der Waals surface area contributed by atoms with Crippen LogP contribution in [0.2, 0.25) is 0 Å². The number of benzene rings is 2. The predicted molar refractivity (Wildman–Crippen MR) is 99.5 cm³/mol. The molecule has 2 heterocycles. The van der Waals surface area contributed by atoms with Crippen molar-refractivity contribution in [2.45, 2.75) is 0 Å². The lowest BCUT2D eigenvalue weighted by Crippen LogP contribution is -2.13. The van der Waals surface area contributed by atoms with Crippen LogP contribution in [0.3, 0.4) is 0 Å². The molecule has 0 aliphatic carbocycles. The Kier molecular flexibility index (Phi) is 4.10. The van der Waals surface area contributed by atoms with Crippen molar-refractivity contribution in [1.82, 2.24) is 15.2 Å². The normalized spacial score (nSPS) is 10.6. The first-order valence-electron chi connectivity index (χ1n) is 7.72. The average molecular weight is 346 g/mol. The smallest absolute Gasteiger partial charge is 0.276 e. The van der Waals surface area contributed by atoms with Crippen LogP contribution in [0.15, 0.2) is 72.2 Å². The molecule has 0 atom stereocenters. The van der Waals surface area contributed by atoms with E-state index in [9.17, 15) is 4.79 Å². The van der Waals surface area contributed by atoms with Crippen LogP contribution in [-0.2, 0) is 0 Å². The van der Waals surface area contributed by atoms with Gasteiger partial charge in [0.25, 0.3) is 5.91 Å². The fourth-order valence-electron chi connectivity index (χ4n) is 2.53. The van der Waals surface area contributed by atoms with E-state index in [0.29, 0.717) is 10.8 Å². The Morgan fingerprint density at radius 2 is 1.64 bits per heavy atom. The average Bonchev–Trinajstić information content (AvgIpc) is 3.33. The van der Waals surface area contributed by atoms with E-state index >= 15 is 0 Å². The van der Waals surface area contributed by atoms with E-state index in [2.05, 4.69) is 20.5 Å². The number of carbonyl (C=O) groups excluding carboxylic acids is 1. The van der Waals surface area contributed by atoms with Crippen molar-refractivity contribution in [3.8, 4) is 22.4 Å². The Balaban J connectivity index is 1.56. The van der Waals surface area contributed by atoms with E-state index in [4.69, 9.17) is 0 Å². The molecule has 122 valence electrons. The van der Waals surface area contributed by atoms with Gasteiger partial charge in [-0.3, -0.25) is 15.2 Å². The summed E-state index contributed by atoms with van der Waals surface area (Å²) < 4.78 is 0. The zero-order valence-electron chi connectivity index (χ0n) is 13.1. The second kappa shape index (κ2) is 6.70. The maximum absolute atomic E-state index is 12.6. The van der Waals surface area contributed by atoms with Crippen molar-refractivity contribution >= 4 is 22.4 Å². The molecule has 0 aliphatic rings. The number of rotatable bonds is 4. The van der Waals surface area contributed by atoms with Crippen LogP contribution < -0.4 is 5.32 Å². The van der Waals surface area contributed by atoms with Gasteiger partial charge in [-0.1, -0.05) is 60.7 Å². The van der Waals surface area contributed by atoms with Gasteiger partial charge in [0.15, 0.2) is 5.13 Å². The fraction of sp³-hybridized carbons (Fsp3) is 0. The highest BCUT2D eigenvalue weighted by Crippen LogP contribution is 2.26. The van der Waals surface area contributed by atoms with Gasteiger partial charge in [-0.2, -0.15) is 5.10 Å². The van der Waals surface area contributed by atoms with Gasteiger partial charge in [0, 0.05) is 16.5 Å². The summed E-state index contributed by atoms with van der Waals surface area (Å²) >= 11 is 1.39. The zero-order valence-corrected chi connectivity index (χ0v) is 14.0. The van der Waals surface area contributed by atoms with E-state index in [-0.39, 0.29) is 5.91 Å². The molecule has 0 unspecified atom stereocenters. The predicted octanol–water partition coefficient (Wildman–Crippen LogP) is 4.45. The third-order valence-corrected chi connectivity index (χ3v) is 4.50. The monoisotopic (exact) mass is 346 g/mol. The van der Waals surface area contributed by atoms with Crippen LogP contribution >= 0.6 is 11.3 Å². The first kappa shape index (κ1) is 15.3. The molecule has 0 saturated carbocycles. The van der Waals surface area contributed by atoms with Crippen molar-refractivity contribution in [2.24, 2.45) is 0 Å². The second-order valence-electron chi connectivity index (χ2n) is 5.38. The number of nitrogens with zero attached hydrogens (tertiary/aromatic N) is 2. The topological polar surface area (TPSA) is 70.7 Å². The summed E-state index contributed by atoms with van der Waals surface area (Å²) in [7, 11) is 0. The van der Waals surface area contributed by atoms with E-state index in [0.717, 1.165) is 22.4 Å². The van der Waals surface area contributed by atoms with Gasteiger partial charge in [0.05, 0.1) is 11.9 Å². The number of hydrogen-bond donors (Lipinski definition) is 2. The van der Waals surface area contributed by atoms with Crippen molar-refractivity contribution in [2.75, 3.05) is 5.32 Å². The highest BCUT2D eigenvalue weighted by molar-refractivity contribution is 7.14. The summed E-state index contributed by atoms with van der Waals surface area (Å²) in [6.45, 7) is 0. The molecule has 5 nitrogen and oxygen atoms in total. The molecule has 2 aromatic carbocycles. The molecule has 2 N–H and O–H groups in total. The SMILES string of the molecule is O=C(Nc1nc(-c2ccccc2)cs1)c1[nH]ncc1-c1ccccc1. The fourth-order valence-corrected chi connectivity index (χ4v) is 3.24. The molecule has 4 rings (SSSR count). The van der Waals surface area contributed by atoms with Crippen LogP contribution in [-0.4, -0.2) is 21.1 Å². The van der Waals surface area contributed by atoms with E-state index in [1.165, 1.54) is 11.3 Å². The molecule has 25 heavy (non-hydrogen) atoms. The third-order valence-electron chi connectivity index (χ3n) is 3.75.